The molecule has 0 aliphatic carbocycles. The minimum absolute atomic E-state index is 0.160. The Kier molecular flexibility index (Phi) is 3.61. The average Bonchev–Trinajstić information content (AvgIpc) is 2.78. The number of alkyl halides is 1. The first-order chi connectivity index (χ1) is 8.20. The first-order valence-corrected chi connectivity index (χ1v) is 5.56. The minimum Gasteiger partial charge on any atom is -0.305 e. The third kappa shape index (κ3) is 2.75. The highest BCUT2D eigenvalue weighted by Gasteiger charge is 2.14. The quantitative estimate of drug-likeness (QED) is 0.872. The lowest BCUT2D eigenvalue weighted by Crippen LogP contribution is -2.13. The SMILES string of the molecule is O=C(CCl)Nc1nonc1-c1ccc(Cl)cc1. The van der Waals surface area contributed by atoms with Crippen LogP contribution in [0.25, 0.3) is 11.3 Å². The average molecular weight is 272 g/mol. The fraction of sp³-hybridized carbons (Fsp3) is 0.100. The second kappa shape index (κ2) is 5.16. The molecule has 2 rings (SSSR count). The second-order valence-corrected chi connectivity index (χ2v) is 3.85. The number of anilines is 1. The minimum atomic E-state index is -0.377. The zero-order chi connectivity index (χ0) is 12.3. The van der Waals surface area contributed by atoms with Crippen LogP contribution in [0.1, 0.15) is 0 Å². The van der Waals surface area contributed by atoms with Gasteiger partial charge in [-0.2, -0.15) is 0 Å². The van der Waals surface area contributed by atoms with Crippen LogP contribution < -0.4 is 5.32 Å². The van der Waals surface area contributed by atoms with Crippen LogP contribution in [-0.4, -0.2) is 22.1 Å². The number of nitrogens with zero attached hydrogens (tertiary/aromatic N) is 2. The van der Waals surface area contributed by atoms with E-state index in [4.69, 9.17) is 23.2 Å². The van der Waals surface area contributed by atoms with Gasteiger partial charge in [-0.3, -0.25) is 4.79 Å². The molecular weight excluding hydrogens is 265 g/mol. The van der Waals surface area contributed by atoms with Crippen LogP contribution in [0.5, 0.6) is 0 Å². The molecule has 17 heavy (non-hydrogen) atoms. The van der Waals surface area contributed by atoms with Gasteiger partial charge in [0, 0.05) is 10.6 Å². The van der Waals surface area contributed by atoms with Crippen LogP contribution in [0.15, 0.2) is 28.9 Å². The van der Waals surface area contributed by atoms with E-state index in [-0.39, 0.29) is 17.6 Å². The van der Waals surface area contributed by atoms with Crippen molar-refractivity contribution >= 4 is 34.9 Å². The van der Waals surface area contributed by atoms with Gasteiger partial charge in [-0.25, -0.2) is 4.63 Å². The van der Waals surface area contributed by atoms with Crippen molar-refractivity contribution in [1.82, 2.24) is 10.3 Å². The first kappa shape index (κ1) is 11.9. The molecule has 1 aromatic heterocycles. The Hall–Kier alpha value is -1.59. The Labute approximate surface area is 107 Å². The van der Waals surface area contributed by atoms with Crippen LogP contribution in [0, 0.1) is 0 Å². The van der Waals surface area contributed by atoms with Gasteiger partial charge in [0.15, 0.2) is 5.69 Å². The van der Waals surface area contributed by atoms with Crippen LogP contribution in [0.4, 0.5) is 5.82 Å². The number of halogens is 2. The van der Waals surface area contributed by atoms with E-state index >= 15 is 0 Å². The lowest BCUT2D eigenvalue weighted by molar-refractivity contribution is -0.113. The fourth-order valence-electron chi connectivity index (χ4n) is 1.23. The fourth-order valence-corrected chi connectivity index (χ4v) is 1.43. The number of aromatic nitrogens is 2. The van der Waals surface area contributed by atoms with E-state index in [0.717, 1.165) is 5.56 Å². The van der Waals surface area contributed by atoms with Crippen molar-refractivity contribution < 1.29 is 9.42 Å². The second-order valence-electron chi connectivity index (χ2n) is 3.15. The molecule has 7 heteroatoms. The molecule has 0 saturated heterocycles. The maximum atomic E-state index is 11.1. The maximum Gasteiger partial charge on any atom is 0.240 e. The van der Waals surface area contributed by atoms with Gasteiger partial charge in [-0.1, -0.05) is 23.7 Å². The smallest absolute Gasteiger partial charge is 0.240 e. The van der Waals surface area contributed by atoms with E-state index in [9.17, 15) is 4.79 Å². The molecule has 0 aliphatic heterocycles. The number of carbonyl (C=O) groups excluding carboxylic acids is 1. The summed E-state index contributed by atoms with van der Waals surface area (Å²) in [7, 11) is 0. The Morgan fingerprint density at radius 1 is 1.29 bits per heavy atom. The number of rotatable bonds is 3. The van der Waals surface area contributed by atoms with Gasteiger partial charge in [0.1, 0.15) is 5.88 Å². The normalized spacial score (nSPS) is 10.2. The standard InChI is InChI=1S/C10H7Cl2N3O2/c11-5-8(16)13-10-9(14-17-15-10)6-1-3-7(12)4-2-6/h1-4H,5H2,(H,13,15,16). The van der Waals surface area contributed by atoms with Gasteiger partial charge >= 0.3 is 0 Å². The number of hydrogen-bond donors (Lipinski definition) is 1. The summed E-state index contributed by atoms with van der Waals surface area (Å²) in [5, 5.41) is 10.4. The molecule has 1 heterocycles. The van der Waals surface area contributed by atoms with Crippen LogP contribution in [0.2, 0.25) is 5.02 Å². The van der Waals surface area contributed by atoms with E-state index in [1.807, 2.05) is 0 Å². The highest BCUT2D eigenvalue weighted by Crippen LogP contribution is 2.25. The molecule has 0 unspecified atom stereocenters. The van der Waals surface area contributed by atoms with Crippen LogP contribution >= 0.6 is 23.2 Å². The topological polar surface area (TPSA) is 68.0 Å². The lowest BCUT2D eigenvalue weighted by Gasteiger charge is -2.00. The third-order valence-electron chi connectivity index (χ3n) is 1.99. The molecule has 0 aliphatic rings. The lowest BCUT2D eigenvalue weighted by atomic mass is 10.1. The van der Waals surface area contributed by atoms with E-state index in [1.54, 1.807) is 24.3 Å². The van der Waals surface area contributed by atoms with Crippen molar-refractivity contribution in [3.63, 3.8) is 0 Å². The molecule has 1 aromatic carbocycles. The third-order valence-corrected chi connectivity index (χ3v) is 2.48. The Bertz CT molecular complexity index is 525. The van der Waals surface area contributed by atoms with Gasteiger partial charge in [-0.05, 0) is 22.4 Å². The monoisotopic (exact) mass is 271 g/mol. The molecule has 1 N–H and O–H groups in total. The summed E-state index contributed by atoms with van der Waals surface area (Å²) in [4.78, 5) is 11.1. The summed E-state index contributed by atoms with van der Waals surface area (Å²) in [6.45, 7) is 0. The molecule has 5 nitrogen and oxygen atoms in total. The number of nitrogens with one attached hydrogen (secondary N) is 1. The molecule has 0 bridgehead atoms. The highest BCUT2D eigenvalue weighted by atomic mass is 35.5. The van der Waals surface area contributed by atoms with Crippen molar-refractivity contribution in [3.05, 3.63) is 29.3 Å². The molecular formula is C10H7Cl2N3O2. The Morgan fingerprint density at radius 2 is 2.00 bits per heavy atom. The van der Waals surface area contributed by atoms with Gasteiger partial charge in [0.25, 0.3) is 0 Å². The molecule has 0 saturated carbocycles. The molecule has 0 fully saturated rings. The predicted molar refractivity (Wildman–Crippen MR) is 64.1 cm³/mol. The predicted octanol–water partition coefficient (Wildman–Crippen LogP) is 2.57. The summed E-state index contributed by atoms with van der Waals surface area (Å²) < 4.78 is 4.58. The highest BCUT2D eigenvalue weighted by molar-refractivity contribution is 6.30. The van der Waals surface area contributed by atoms with Crippen molar-refractivity contribution in [2.75, 3.05) is 11.2 Å². The van der Waals surface area contributed by atoms with Crippen molar-refractivity contribution in [2.24, 2.45) is 0 Å². The maximum absolute atomic E-state index is 11.1. The van der Waals surface area contributed by atoms with E-state index in [2.05, 4.69) is 20.3 Å². The molecule has 0 spiro atoms. The van der Waals surface area contributed by atoms with E-state index < -0.39 is 0 Å². The van der Waals surface area contributed by atoms with Crippen LogP contribution in [-0.2, 0) is 4.79 Å². The van der Waals surface area contributed by atoms with Crippen molar-refractivity contribution in [3.8, 4) is 11.3 Å². The number of amides is 1. The van der Waals surface area contributed by atoms with E-state index in [1.165, 1.54) is 0 Å². The molecule has 0 atom stereocenters. The molecule has 88 valence electrons. The van der Waals surface area contributed by atoms with Gasteiger partial charge in [-0.15, -0.1) is 11.6 Å². The summed E-state index contributed by atoms with van der Waals surface area (Å²) in [6.07, 6.45) is 0. The molecule has 0 radical (unpaired) electrons. The zero-order valence-corrected chi connectivity index (χ0v) is 10.00. The Morgan fingerprint density at radius 3 is 2.65 bits per heavy atom. The number of hydrogen-bond acceptors (Lipinski definition) is 4. The zero-order valence-electron chi connectivity index (χ0n) is 8.48. The number of benzene rings is 1. The van der Waals surface area contributed by atoms with Gasteiger partial charge < -0.3 is 5.32 Å². The Balaban J connectivity index is 2.30. The van der Waals surface area contributed by atoms with Crippen molar-refractivity contribution in [1.29, 1.82) is 0 Å². The van der Waals surface area contributed by atoms with Crippen molar-refractivity contribution in [2.45, 2.75) is 0 Å². The van der Waals surface area contributed by atoms with Crippen LogP contribution in [0.3, 0.4) is 0 Å². The molecule has 1 amide bonds. The summed E-state index contributed by atoms with van der Waals surface area (Å²) in [5.74, 6) is -0.303. The summed E-state index contributed by atoms with van der Waals surface area (Å²) >= 11 is 11.2. The first-order valence-electron chi connectivity index (χ1n) is 4.65. The van der Waals surface area contributed by atoms with E-state index in [0.29, 0.717) is 10.7 Å². The largest absolute Gasteiger partial charge is 0.305 e. The summed E-state index contributed by atoms with van der Waals surface area (Å²) in [6, 6.07) is 6.91. The molecule has 2 aromatic rings. The number of carbonyl (C=O) groups is 1. The summed E-state index contributed by atoms with van der Waals surface area (Å²) in [5.41, 5.74) is 1.17. The van der Waals surface area contributed by atoms with Gasteiger partial charge in [0.2, 0.25) is 11.7 Å². The van der Waals surface area contributed by atoms with Gasteiger partial charge in [0.05, 0.1) is 0 Å².